The van der Waals surface area contributed by atoms with Crippen LogP contribution in [-0.2, 0) is 0 Å². The highest BCUT2D eigenvalue weighted by Crippen LogP contribution is 2.35. The first-order chi connectivity index (χ1) is 4.65. The van der Waals surface area contributed by atoms with Gasteiger partial charge in [-0.1, -0.05) is 20.8 Å². The van der Waals surface area contributed by atoms with Crippen molar-refractivity contribution in [2.24, 2.45) is 5.41 Å². The summed E-state index contributed by atoms with van der Waals surface area (Å²) in [6.07, 6.45) is -4.33. The monoisotopic (exact) mass is 172 g/mol. The van der Waals surface area contributed by atoms with Gasteiger partial charge >= 0.3 is 12.3 Å². The van der Waals surface area contributed by atoms with E-state index < -0.39 is 24.2 Å². The van der Waals surface area contributed by atoms with Crippen LogP contribution in [0.3, 0.4) is 0 Å². The summed E-state index contributed by atoms with van der Waals surface area (Å²) in [6, 6.07) is 0. The summed E-state index contributed by atoms with van der Waals surface area (Å²) in [7, 11) is 0. The summed E-state index contributed by atoms with van der Waals surface area (Å²) in [5.74, 6) is -3.85. The van der Waals surface area contributed by atoms with Gasteiger partial charge in [-0.15, -0.1) is 0 Å². The molecule has 0 radical (unpaired) electrons. The Morgan fingerprint density at radius 2 is 1.45 bits per heavy atom. The van der Waals surface area contributed by atoms with Crippen LogP contribution in [0.15, 0.2) is 0 Å². The van der Waals surface area contributed by atoms with Gasteiger partial charge in [-0.2, -0.15) is 0 Å². The lowest BCUT2D eigenvalue weighted by Gasteiger charge is -2.24. The zero-order chi connectivity index (χ0) is 9.28. The highest BCUT2D eigenvalue weighted by atomic mass is 19.3. The van der Waals surface area contributed by atoms with Gasteiger partial charge in [-0.3, -0.25) is 0 Å². The van der Waals surface area contributed by atoms with Crippen LogP contribution in [-0.4, -0.2) is 12.3 Å². The van der Waals surface area contributed by atoms with Crippen molar-refractivity contribution in [2.75, 3.05) is 0 Å². The average Bonchev–Trinajstić information content (AvgIpc) is 1.56. The summed E-state index contributed by atoms with van der Waals surface area (Å²) in [5.41, 5.74) is -0.764. The van der Waals surface area contributed by atoms with E-state index in [0.29, 0.717) is 0 Å². The van der Waals surface area contributed by atoms with Crippen LogP contribution in [0.5, 0.6) is 0 Å². The van der Waals surface area contributed by atoms with Crippen LogP contribution in [0.1, 0.15) is 27.2 Å². The summed E-state index contributed by atoms with van der Waals surface area (Å²) in [5, 5.41) is 0. The third-order valence-corrected chi connectivity index (χ3v) is 1.09. The van der Waals surface area contributed by atoms with Gasteiger partial charge in [-0.25, -0.2) is 17.6 Å². The molecule has 0 spiro atoms. The molecule has 0 aromatic rings. The van der Waals surface area contributed by atoms with Crippen molar-refractivity contribution in [3.8, 4) is 0 Å². The molecule has 0 nitrogen and oxygen atoms in total. The maximum atomic E-state index is 12.3. The van der Waals surface area contributed by atoms with E-state index in [4.69, 9.17) is 0 Å². The number of rotatable bonds is 2. The van der Waals surface area contributed by atoms with Gasteiger partial charge in [0.15, 0.2) is 0 Å². The van der Waals surface area contributed by atoms with Gasteiger partial charge in [0.2, 0.25) is 0 Å². The first kappa shape index (κ1) is 10.7. The molecule has 11 heavy (non-hydrogen) atoms. The molecule has 68 valence electrons. The van der Waals surface area contributed by atoms with Gasteiger partial charge in [-0.05, 0) is 5.41 Å². The Morgan fingerprint density at radius 3 is 1.55 bits per heavy atom. The van der Waals surface area contributed by atoms with Crippen molar-refractivity contribution in [1.29, 1.82) is 0 Å². The fraction of sp³-hybridized carbons (Fsp3) is 1.00. The summed E-state index contributed by atoms with van der Waals surface area (Å²) < 4.78 is 47.8. The third kappa shape index (κ3) is 4.22. The predicted octanol–water partition coefficient (Wildman–Crippen LogP) is 3.32. The molecule has 0 unspecified atom stereocenters. The minimum atomic E-state index is -3.85. The van der Waals surface area contributed by atoms with E-state index in [2.05, 4.69) is 0 Å². The predicted molar refractivity (Wildman–Crippen MR) is 35.0 cm³/mol. The standard InChI is InChI=1S/C7H12F4/c1-6(2,3)4-7(10,11)5(8)9/h5H,4H2,1-3H3. The van der Waals surface area contributed by atoms with E-state index in [1.807, 2.05) is 0 Å². The van der Waals surface area contributed by atoms with Crippen molar-refractivity contribution in [3.63, 3.8) is 0 Å². The summed E-state index contributed by atoms with van der Waals surface area (Å²) in [4.78, 5) is 0. The molecule has 0 aromatic carbocycles. The Morgan fingerprint density at radius 1 is 1.09 bits per heavy atom. The molecular weight excluding hydrogens is 160 g/mol. The average molecular weight is 172 g/mol. The number of halogens is 4. The normalized spacial score (nSPS) is 14.2. The topological polar surface area (TPSA) is 0 Å². The highest BCUT2D eigenvalue weighted by molar-refractivity contribution is 4.76. The molecule has 0 rings (SSSR count). The van der Waals surface area contributed by atoms with Gasteiger partial charge in [0.05, 0.1) is 0 Å². The van der Waals surface area contributed by atoms with Crippen molar-refractivity contribution in [3.05, 3.63) is 0 Å². The van der Waals surface area contributed by atoms with Crippen LogP contribution in [0.4, 0.5) is 17.6 Å². The molecule has 0 amide bonds. The van der Waals surface area contributed by atoms with E-state index in [9.17, 15) is 17.6 Å². The second-order valence-corrected chi connectivity index (χ2v) is 3.80. The molecule has 0 saturated carbocycles. The Hall–Kier alpha value is -0.280. The van der Waals surface area contributed by atoms with E-state index in [-0.39, 0.29) is 0 Å². The van der Waals surface area contributed by atoms with Crippen LogP contribution in [0, 0.1) is 5.41 Å². The van der Waals surface area contributed by atoms with E-state index >= 15 is 0 Å². The van der Waals surface area contributed by atoms with E-state index in [1.165, 1.54) is 20.8 Å². The molecule has 0 saturated heterocycles. The van der Waals surface area contributed by atoms with Gasteiger partial charge < -0.3 is 0 Å². The minimum Gasteiger partial charge on any atom is -0.204 e. The van der Waals surface area contributed by atoms with Crippen LogP contribution in [0.2, 0.25) is 0 Å². The highest BCUT2D eigenvalue weighted by Gasteiger charge is 2.43. The maximum absolute atomic E-state index is 12.3. The van der Waals surface area contributed by atoms with Crippen molar-refractivity contribution >= 4 is 0 Å². The molecule has 0 aliphatic rings. The molecule has 0 aliphatic heterocycles. The summed E-state index contributed by atoms with van der Waals surface area (Å²) in [6.45, 7) is 4.51. The first-order valence-corrected chi connectivity index (χ1v) is 3.31. The van der Waals surface area contributed by atoms with E-state index in [1.54, 1.807) is 0 Å². The smallest absolute Gasteiger partial charge is 0.204 e. The minimum absolute atomic E-state index is 0.764. The lowest BCUT2D eigenvalue weighted by Crippen LogP contribution is -2.31. The first-order valence-electron chi connectivity index (χ1n) is 3.31. The second kappa shape index (κ2) is 2.99. The SMILES string of the molecule is CC(C)(C)CC(F)(F)C(F)F. The molecule has 0 aromatic heterocycles. The fourth-order valence-electron chi connectivity index (χ4n) is 0.784. The Bertz CT molecular complexity index is 123. The lowest BCUT2D eigenvalue weighted by molar-refractivity contribution is -0.147. The quantitative estimate of drug-likeness (QED) is 0.560. The maximum Gasteiger partial charge on any atom is 0.308 e. The van der Waals surface area contributed by atoms with Crippen LogP contribution >= 0.6 is 0 Å². The molecule has 0 fully saturated rings. The van der Waals surface area contributed by atoms with Crippen LogP contribution in [0.25, 0.3) is 0 Å². The number of alkyl halides is 4. The number of hydrogen-bond acceptors (Lipinski definition) is 0. The van der Waals surface area contributed by atoms with Crippen molar-refractivity contribution in [1.82, 2.24) is 0 Å². The largest absolute Gasteiger partial charge is 0.308 e. The lowest BCUT2D eigenvalue weighted by atomic mass is 9.89. The summed E-state index contributed by atoms with van der Waals surface area (Å²) >= 11 is 0. The van der Waals surface area contributed by atoms with Gasteiger partial charge in [0.25, 0.3) is 0 Å². The molecule has 4 heteroatoms. The Balaban J connectivity index is 4.13. The molecule has 0 N–H and O–H groups in total. The number of hydrogen-bond donors (Lipinski definition) is 0. The third-order valence-electron chi connectivity index (χ3n) is 1.09. The zero-order valence-corrected chi connectivity index (χ0v) is 6.80. The Labute approximate surface area is 63.6 Å². The Kier molecular flexibility index (Phi) is 2.91. The second-order valence-electron chi connectivity index (χ2n) is 3.80. The molecule has 0 bridgehead atoms. The fourth-order valence-corrected chi connectivity index (χ4v) is 0.784. The molecule has 0 aliphatic carbocycles. The molecular formula is C7H12F4. The van der Waals surface area contributed by atoms with Crippen molar-refractivity contribution in [2.45, 2.75) is 39.5 Å². The zero-order valence-electron chi connectivity index (χ0n) is 6.80. The van der Waals surface area contributed by atoms with Gasteiger partial charge in [0.1, 0.15) is 0 Å². The molecule has 0 heterocycles. The molecule has 0 atom stereocenters. The van der Waals surface area contributed by atoms with Crippen molar-refractivity contribution < 1.29 is 17.6 Å². The van der Waals surface area contributed by atoms with Crippen LogP contribution < -0.4 is 0 Å². The van der Waals surface area contributed by atoms with E-state index in [0.717, 1.165) is 0 Å². The van der Waals surface area contributed by atoms with Gasteiger partial charge in [0, 0.05) is 6.42 Å².